The Labute approximate surface area is 158 Å². The molecule has 1 aliphatic carbocycles. The SMILES string of the molecule is O=C1CCCC2=C1[C@H](c1ccccc1F)CC(=O)N2c1ccc(Br)cn1. The number of halogens is 2. The van der Waals surface area contributed by atoms with Crippen LogP contribution in [0.3, 0.4) is 0 Å². The van der Waals surface area contributed by atoms with Crippen molar-refractivity contribution in [3.05, 3.63) is 69.7 Å². The molecular formula is C20H16BrFN2O2. The Bertz CT molecular complexity index is 924. The molecule has 1 aliphatic heterocycles. The number of benzene rings is 1. The number of ketones is 1. The molecule has 2 heterocycles. The maximum Gasteiger partial charge on any atom is 0.233 e. The molecule has 4 nitrogen and oxygen atoms in total. The summed E-state index contributed by atoms with van der Waals surface area (Å²) in [6, 6.07) is 9.93. The number of anilines is 1. The van der Waals surface area contributed by atoms with Crippen molar-refractivity contribution in [2.75, 3.05) is 4.90 Å². The summed E-state index contributed by atoms with van der Waals surface area (Å²) in [6.45, 7) is 0. The molecule has 0 radical (unpaired) electrons. The van der Waals surface area contributed by atoms with Crippen molar-refractivity contribution in [1.82, 2.24) is 4.98 Å². The van der Waals surface area contributed by atoms with Crippen LogP contribution in [0.4, 0.5) is 10.2 Å². The Morgan fingerprint density at radius 1 is 1.12 bits per heavy atom. The molecule has 2 aliphatic rings. The van der Waals surface area contributed by atoms with Crippen molar-refractivity contribution in [3.8, 4) is 0 Å². The molecule has 1 amide bonds. The fraction of sp³-hybridized carbons (Fsp3) is 0.250. The number of Topliss-reactive ketones (excluding diaryl/α,β-unsaturated/α-hetero) is 1. The Morgan fingerprint density at radius 3 is 2.65 bits per heavy atom. The van der Waals surface area contributed by atoms with Crippen LogP contribution in [-0.4, -0.2) is 16.7 Å². The highest BCUT2D eigenvalue weighted by Gasteiger charge is 2.40. The second-order valence-corrected chi connectivity index (χ2v) is 7.39. The average Bonchev–Trinajstić information content (AvgIpc) is 2.63. The number of rotatable bonds is 2. The molecule has 0 saturated heterocycles. The molecule has 0 unspecified atom stereocenters. The van der Waals surface area contributed by atoms with Crippen LogP contribution in [0.15, 0.2) is 58.3 Å². The quantitative estimate of drug-likeness (QED) is 0.725. The van der Waals surface area contributed by atoms with Gasteiger partial charge in [-0.1, -0.05) is 18.2 Å². The fourth-order valence-corrected chi connectivity index (χ4v) is 4.02. The van der Waals surface area contributed by atoms with Gasteiger partial charge in [0.05, 0.1) is 0 Å². The van der Waals surface area contributed by atoms with Crippen LogP contribution in [-0.2, 0) is 9.59 Å². The third-order valence-electron chi connectivity index (χ3n) is 4.90. The number of carbonyl (C=O) groups excluding carboxylic acids is 2. The molecule has 0 fully saturated rings. The highest BCUT2D eigenvalue weighted by atomic mass is 79.9. The van der Waals surface area contributed by atoms with Gasteiger partial charge < -0.3 is 0 Å². The minimum atomic E-state index is -0.529. The lowest BCUT2D eigenvalue weighted by Crippen LogP contribution is -2.41. The van der Waals surface area contributed by atoms with E-state index in [1.807, 2.05) is 6.07 Å². The van der Waals surface area contributed by atoms with E-state index >= 15 is 0 Å². The standard InChI is InChI=1S/C20H16BrFN2O2/c21-12-8-9-18(23-11-12)24-16-6-3-7-17(25)20(16)14(10-19(24)26)13-4-1-2-5-15(13)22/h1-2,4-5,8-9,11,14H,3,6-7,10H2/t14-/m0/s1. The molecule has 26 heavy (non-hydrogen) atoms. The summed E-state index contributed by atoms with van der Waals surface area (Å²) >= 11 is 3.34. The highest BCUT2D eigenvalue weighted by Crippen LogP contribution is 2.43. The van der Waals surface area contributed by atoms with Crippen molar-refractivity contribution in [3.63, 3.8) is 0 Å². The smallest absolute Gasteiger partial charge is 0.233 e. The van der Waals surface area contributed by atoms with E-state index in [2.05, 4.69) is 20.9 Å². The van der Waals surface area contributed by atoms with E-state index in [0.717, 1.165) is 4.47 Å². The Morgan fingerprint density at radius 2 is 1.92 bits per heavy atom. The van der Waals surface area contributed by atoms with Gasteiger partial charge >= 0.3 is 0 Å². The van der Waals surface area contributed by atoms with Gasteiger partial charge in [-0.25, -0.2) is 9.37 Å². The molecular weight excluding hydrogens is 399 g/mol. The number of aromatic nitrogens is 1. The number of nitrogens with zero attached hydrogens (tertiary/aromatic N) is 2. The highest BCUT2D eigenvalue weighted by molar-refractivity contribution is 9.10. The molecule has 0 saturated carbocycles. The van der Waals surface area contributed by atoms with Gasteiger partial charge in [0.25, 0.3) is 0 Å². The topological polar surface area (TPSA) is 50.3 Å². The predicted molar refractivity (Wildman–Crippen MR) is 99.1 cm³/mol. The van der Waals surface area contributed by atoms with Gasteiger partial charge in [0, 0.05) is 40.7 Å². The van der Waals surface area contributed by atoms with Gasteiger partial charge in [-0.05, 0) is 52.5 Å². The van der Waals surface area contributed by atoms with E-state index in [4.69, 9.17) is 0 Å². The van der Waals surface area contributed by atoms with E-state index in [-0.39, 0.29) is 23.9 Å². The van der Waals surface area contributed by atoms with Crippen molar-refractivity contribution in [1.29, 1.82) is 0 Å². The zero-order valence-electron chi connectivity index (χ0n) is 13.9. The van der Waals surface area contributed by atoms with E-state index in [0.29, 0.717) is 41.9 Å². The van der Waals surface area contributed by atoms with Gasteiger partial charge in [0.15, 0.2) is 5.78 Å². The van der Waals surface area contributed by atoms with Gasteiger partial charge in [-0.2, -0.15) is 0 Å². The lowest BCUT2D eigenvalue weighted by Gasteiger charge is -2.37. The number of pyridine rings is 1. The van der Waals surface area contributed by atoms with E-state index in [1.165, 1.54) is 11.0 Å². The Hall–Kier alpha value is -2.34. The van der Waals surface area contributed by atoms with Crippen molar-refractivity contribution in [2.45, 2.75) is 31.6 Å². The summed E-state index contributed by atoms with van der Waals surface area (Å²) in [5, 5.41) is 0. The zero-order valence-corrected chi connectivity index (χ0v) is 15.5. The van der Waals surface area contributed by atoms with Crippen LogP contribution in [0.25, 0.3) is 0 Å². The number of allylic oxidation sites excluding steroid dienone is 2. The third-order valence-corrected chi connectivity index (χ3v) is 5.37. The minimum Gasteiger partial charge on any atom is -0.294 e. The zero-order chi connectivity index (χ0) is 18.3. The van der Waals surface area contributed by atoms with Gasteiger partial charge in [-0.3, -0.25) is 14.5 Å². The number of hydrogen-bond donors (Lipinski definition) is 0. The third kappa shape index (κ3) is 2.88. The van der Waals surface area contributed by atoms with Crippen LogP contribution in [0.2, 0.25) is 0 Å². The lowest BCUT2D eigenvalue weighted by atomic mass is 9.77. The maximum absolute atomic E-state index is 14.4. The molecule has 0 bridgehead atoms. The molecule has 1 atom stereocenters. The van der Waals surface area contributed by atoms with Crippen LogP contribution in [0, 0.1) is 5.82 Å². The number of hydrogen-bond acceptors (Lipinski definition) is 3. The largest absolute Gasteiger partial charge is 0.294 e. The maximum atomic E-state index is 14.4. The monoisotopic (exact) mass is 414 g/mol. The summed E-state index contributed by atoms with van der Waals surface area (Å²) in [7, 11) is 0. The summed E-state index contributed by atoms with van der Waals surface area (Å²) in [5.74, 6) is -0.591. The molecule has 6 heteroatoms. The summed E-state index contributed by atoms with van der Waals surface area (Å²) < 4.78 is 15.2. The summed E-state index contributed by atoms with van der Waals surface area (Å²) in [6.07, 6.45) is 3.40. The molecule has 1 aromatic heterocycles. The van der Waals surface area contributed by atoms with Crippen LogP contribution < -0.4 is 4.90 Å². The average molecular weight is 415 g/mol. The first-order valence-electron chi connectivity index (χ1n) is 8.51. The molecule has 2 aromatic rings. The normalized spacial score (nSPS) is 20.4. The van der Waals surface area contributed by atoms with Crippen LogP contribution in [0.5, 0.6) is 0 Å². The predicted octanol–water partition coefficient (Wildman–Crippen LogP) is 4.51. The second-order valence-electron chi connectivity index (χ2n) is 6.48. The Kier molecular flexibility index (Phi) is 4.44. The van der Waals surface area contributed by atoms with Crippen molar-refractivity contribution < 1.29 is 14.0 Å². The van der Waals surface area contributed by atoms with E-state index < -0.39 is 5.92 Å². The Balaban J connectivity index is 1.87. The number of carbonyl (C=O) groups is 2. The first kappa shape index (κ1) is 17.1. The summed E-state index contributed by atoms with van der Waals surface area (Å²) in [5.41, 5.74) is 1.64. The van der Waals surface area contributed by atoms with E-state index in [1.54, 1.807) is 30.5 Å². The number of amides is 1. The lowest BCUT2D eigenvalue weighted by molar-refractivity contribution is -0.120. The molecule has 132 valence electrons. The van der Waals surface area contributed by atoms with Gasteiger partial charge in [0.2, 0.25) is 5.91 Å². The van der Waals surface area contributed by atoms with Crippen LogP contribution in [0.1, 0.15) is 37.2 Å². The first-order valence-corrected chi connectivity index (χ1v) is 9.30. The van der Waals surface area contributed by atoms with Crippen molar-refractivity contribution in [2.24, 2.45) is 0 Å². The fourth-order valence-electron chi connectivity index (χ4n) is 3.78. The molecule has 1 aromatic carbocycles. The second kappa shape index (κ2) is 6.76. The summed E-state index contributed by atoms with van der Waals surface area (Å²) in [4.78, 5) is 31.5. The van der Waals surface area contributed by atoms with Crippen LogP contribution >= 0.6 is 15.9 Å². The van der Waals surface area contributed by atoms with Crippen molar-refractivity contribution >= 4 is 33.4 Å². The van der Waals surface area contributed by atoms with E-state index in [9.17, 15) is 14.0 Å². The first-order chi connectivity index (χ1) is 12.6. The molecule has 4 rings (SSSR count). The van der Waals surface area contributed by atoms with Gasteiger partial charge in [0.1, 0.15) is 11.6 Å². The molecule has 0 spiro atoms. The van der Waals surface area contributed by atoms with Gasteiger partial charge in [-0.15, -0.1) is 0 Å². The molecule has 0 N–H and O–H groups in total. The minimum absolute atomic E-state index is 0.00545.